The van der Waals surface area contributed by atoms with E-state index in [0.29, 0.717) is 6.04 Å². The molecule has 0 aliphatic heterocycles. The summed E-state index contributed by atoms with van der Waals surface area (Å²) >= 11 is 5.66. The molecule has 0 spiro atoms. The zero-order chi connectivity index (χ0) is 14.3. The second-order valence-electron chi connectivity index (χ2n) is 5.39. The van der Waals surface area contributed by atoms with Gasteiger partial charge in [-0.15, -0.1) is 11.8 Å². The maximum atomic E-state index is 3.71. The molecule has 1 aromatic carbocycles. The monoisotopic (exact) mass is 343 g/mol. The van der Waals surface area contributed by atoms with Gasteiger partial charge in [-0.05, 0) is 55.7 Å². The summed E-state index contributed by atoms with van der Waals surface area (Å²) in [4.78, 5) is 1.36. The summed E-state index contributed by atoms with van der Waals surface area (Å²) in [6.07, 6.45) is 2.45. The Bertz CT molecular complexity index is 379. The third kappa shape index (κ3) is 6.33. The molecule has 1 atom stereocenters. The molecule has 0 aliphatic carbocycles. The molecule has 1 rings (SSSR count). The lowest BCUT2D eigenvalue weighted by atomic mass is 10.1. The van der Waals surface area contributed by atoms with Crippen molar-refractivity contribution >= 4 is 27.7 Å². The van der Waals surface area contributed by atoms with Gasteiger partial charge in [0.1, 0.15) is 0 Å². The van der Waals surface area contributed by atoms with Crippen LogP contribution in [0.5, 0.6) is 0 Å². The first kappa shape index (κ1) is 17.1. The molecule has 1 aromatic rings. The number of hydrogen-bond acceptors (Lipinski definition) is 2. The highest BCUT2D eigenvalue weighted by Gasteiger charge is 2.09. The predicted molar refractivity (Wildman–Crippen MR) is 91.0 cm³/mol. The maximum Gasteiger partial charge on any atom is 0.0302 e. The summed E-state index contributed by atoms with van der Waals surface area (Å²) in [5, 5.41) is 3.53. The lowest BCUT2D eigenvalue weighted by Crippen LogP contribution is -2.19. The Labute approximate surface area is 131 Å². The smallest absolute Gasteiger partial charge is 0.0302 e. The van der Waals surface area contributed by atoms with Gasteiger partial charge in [0.05, 0.1) is 0 Å². The molecule has 1 nitrogen and oxygen atoms in total. The molecule has 0 radical (unpaired) electrons. The summed E-state index contributed by atoms with van der Waals surface area (Å²) in [5.74, 6) is 1.99. The molecular formula is C16H26BrNS. The summed E-state index contributed by atoms with van der Waals surface area (Å²) in [5.41, 5.74) is 1.35. The molecule has 3 heteroatoms. The molecule has 0 amide bonds. The van der Waals surface area contributed by atoms with E-state index in [4.69, 9.17) is 0 Å². The zero-order valence-corrected chi connectivity index (χ0v) is 14.9. The van der Waals surface area contributed by atoms with Crippen molar-refractivity contribution in [2.75, 3.05) is 12.3 Å². The van der Waals surface area contributed by atoms with Gasteiger partial charge in [-0.2, -0.15) is 0 Å². The SMILES string of the molecule is CCCNC(C)c1ccc(SCCC(C)C)cc1Br. The van der Waals surface area contributed by atoms with Crippen molar-refractivity contribution in [1.82, 2.24) is 5.32 Å². The van der Waals surface area contributed by atoms with Crippen molar-refractivity contribution in [3.05, 3.63) is 28.2 Å². The Hall–Kier alpha value is 0.01000. The number of halogens is 1. The van der Waals surface area contributed by atoms with Crippen LogP contribution in [0.1, 0.15) is 52.1 Å². The van der Waals surface area contributed by atoms with Gasteiger partial charge in [0.15, 0.2) is 0 Å². The van der Waals surface area contributed by atoms with Crippen LogP contribution in [0.2, 0.25) is 0 Å². The number of rotatable bonds is 8. The van der Waals surface area contributed by atoms with Crippen molar-refractivity contribution in [2.24, 2.45) is 5.92 Å². The number of thioether (sulfide) groups is 1. The molecule has 108 valence electrons. The Balaban J connectivity index is 2.58. The van der Waals surface area contributed by atoms with Gasteiger partial charge in [-0.25, -0.2) is 0 Å². The maximum absolute atomic E-state index is 3.71. The molecule has 0 aliphatic rings. The van der Waals surface area contributed by atoms with E-state index in [0.717, 1.165) is 12.5 Å². The van der Waals surface area contributed by atoms with E-state index in [2.05, 4.69) is 67.1 Å². The fourth-order valence-corrected chi connectivity index (χ4v) is 3.90. The van der Waals surface area contributed by atoms with Crippen LogP contribution >= 0.6 is 27.7 Å². The van der Waals surface area contributed by atoms with Crippen LogP contribution in [0.4, 0.5) is 0 Å². The highest BCUT2D eigenvalue weighted by atomic mass is 79.9. The zero-order valence-electron chi connectivity index (χ0n) is 12.5. The van der Waals surface area contributed by atoms with E-state index in [9.17, 15) is 0 Å². The largest absolute Gasteiger partial charge is 0.310 e. The molecule has 0 fully saturated rings. The second-order valence-corrected chi connectivity index (χ2v) is 7.41. The van der Waals surface area contributed by atoms with Gasteiger partial charge in [-0.1, -0.05) is 42.8 Å². The quantitative estimate of drug-likeness (QED) is 0.612. The fraction of sp³-hybridized carbons (Fsp3) is 0.625. The number of nitrogens with one attached hydrogen (secondary N) is 1. The highest BCUT2D eigenvalue weighted by Crippen LogP contribution is 2.29. The van der Waals surface area contributed by atoms with Crippen LogP contribution in [0.25, 0.3) is 0 Å². The predicted octanol–water partition coefficient (Wildman–Crippen LogP) is 5.65. The topological polar surface area (TPSA) is 12.0 Å². The Kier molecular flexibility index (Phi) is 8.12. The summed E-state index contributed by atoms with van der Waals surface area (Å²) < 4.78 is 1.22. The highest BCUT2D eigenvalue weighted by molar-refractivity contribution is 9.10. The van der Waals surface area contributed by atoms with E-state index < -0.39 is 0 Å². The van der Waals surface area contributed by atoms with Crippen molar-refractivity contribution in [2.45, 2.75) is 51.5 Å². The minimum Gasteiger partial charge on any atom is -0.310 e. The second kappa shape index (κ2) is 9.04. The van der Waals surface area contributed by atoms with E-state index in [-0.39, 0.29) is 0 Å². The Morgan fingerprint density at radius 2 is 2.00 bits per heavy atom. The first-order valence-corrected chi connectivity index (χ1v) is 8.98. The number of hydrogen-bond donors (Lipinski definition) is 1. The van der Waals surface area contributed by atoms with Gasteiger partial charge >= 0.3 is 0 Å². The molecule has 0 aromatic heterocycles. The normalized spacial score (nSPS) is 12.9. The molecule has 0 heterocycles. The van der Waals surface area contributed by atoms with Crippen molar-refractivity contribution in [3.8, 4) is 0 Å². The molecule has 19 heavy (non-hydrogen) atoms. The van der Waals surface area contributed by atoms with Crippen LogP contribution in [-0.4, -0.2) is 12.3 Å². The van der Waals surface area contributed by atoms with Crippen molar-refractivity contribution < 1.29 is 0 Å². The third-order valence-electron chi connectivity index (χ3n) is 3.10. The first-order chi connectivity index (χ1) is 9.04. The lowest BCUT2D eigenvalue weighted by molar-refractivity contribution is 0.568. The van der Waals surface area contributed by atoms with Gasteiger partial charge in [0.25, 0.3) is 0 Å². The van der Waals surface area contributed by atoms with Gasteiger partial charge < -0.3 is 5.32 Å². The average molecular weight is 344 g/mol. The van der Waals surface area contributed by atoms with Crippen LogP contribution < -0.4 is 5.32 Å². The van der Waals surface area contributed by atoms with E-state index in [1.165, 1.54) is 33.5 Å². The van der Waals surface area contributed by atoms with E-state index in [1.807, 2.05) is 11.8 Å². The van der Waals surface area contributed by atoms with Gasteiger partial charge in [0.2, 0.25) is 0 Å². The van der Waals surface area contributed by atoms with Crippen molar-refractivity contribution in [1.29, 1.82) is 0 Å². The van der Waals surface area contributed by atoms with Crippen LogP contribution in [0.3, 0.4) is 0 Å². The van der Waals surface area contributed by atoms with Gasteiger partial charge in [-0.3, -0.25) is 0 Å². The summed E-state index contributed by atoms with van der Waals surface area (Å²) in [6.45, 7) is 10.0. The minimum absolute atomic E-state index is 0.407. The minimum atomic E-state index is 0.407. The summed E-state index contributed by atoms with van der Waals surface area (Å²) in [7, 11) is 0. The molecule has 0 saturated heterocycles. The summed E-state index contributed by atoms with van der Waals surface area (Å²) in [6, 6.07) is 7.15. The molecule has 0 bridgehead atoms. The third-order valence-corrected chi connectivity index (χ3v) is 4.82. The van der Waals surface area contributed by atoms with E-state index in [1.54, 1.807) is 0 Å². The average Bonchev–Trinajstić information content (AvgIpc) is 2.35. The first-order valence-electron chi connectivity index (χ1n) is 7.20. The Morgan fingerprint density at radius 3 is 2.58 bits per heavy atom. The Morgan fingerprint density at radius 1 is 1.26 bits per heavy atom. The lowest BCUT2D eigenvalue weighted by Gasteiger charge is -2.16. The van der Waals surface area contributed by atoms with Crippen LogP contribution in [0, 0.1) is 5.92 Å². The molecular weight excluding hydrogens is 318 g/mol. The number of benzene rings is 1. The molecule has 1 N–H and O–H groups in total. The standard InChI is InChI=1S/C16H26BrNS/c1-5-9-18-13(4)15-7-6-14(11-16(15)17)19-10-8-12(2)3/h6-7,11-13,18H,5,8-10H2,1-4H3. The molecule has 1 unspecified atom stereocenters. The fourth-order valence-electron chi connectivity index (χ4n) is 1.83. The van der Waals surface area contributed by atoms with Crippen LogP contribution in [-0.2, 0) is 0 Å². The van der Waals surface area contributed by atoms with Gasteiger partial charge in [0, 0.05) is 15.4 Å². The van der Waals surface area contributed by atoms with Crippen LogP contribution in [0.15, 0.2) is 27.6 Å². The van der Waals surface area contributed by atoms with Crippen molar-refractivity contribution in [3.63, 3.8) is 0 Å². The van der Waals surface area contributed by atoms with E-state index >= 15 is 0 Å². The molecule has 0 saturated carbocycles.